The zero-order valence-corrected chi connectivity index (χ0v) is 17.4. The molecule has 2 aromatic rings. The molecular weight excluding hydrogens is 400 g/mol. The van der Waals surface area contributed by atoms with Crippen molar-refractivity contribution in [2.45, 2.75) is 31.2 Å². The van der Waals surface area contributed by atoms with Crippen molar-refractivity contribution in [3.63, 3.8) is 0 Å². The third kappa shape index (κ3) is 3.85. The van der Waals surface area contributed by atoms with Crippen molar-refractivity contribution in [1.82, 2.24) is 0 Å². The molecule has 1 fully saturated rings. The number of aliphatic hydroxyl groups is 3. The number of hydrogen-bond acceptors (Lipinski definition) is 7. The monoisotopic (exact) mass is 426 g/mol. The fourth-order valence-corrected chi connectivity index (χ4v) is 3.93. The van der Waals surface area contributed by atoms with E-state index < -0.39 is 53.9 Å². The van der Waals surface area contributed by atoms with Gasteiger partial charge in [0.1, 0.15) is 6.10 Å². The first-order chi connectivity index (χ1) is 14.6. The van der Waals surface area contributed by atoms with E-state index in [9.17, 15) is 29.7 Å². The molecule has 0 bridgehead atoms. The summed E-state index contributed by atoms with van der Waals surface area (Å²) < 4.78 is 5.14. The summed E-state index contributed by atoms with van der Waals surface area (Å²) in [5, 5.41) is 33.1. The maximum atomic E-state index is 13.4. The molecule has 5 atom stereocenters. The van der Waals surface area contributed by atoms with Crippen LogP contribution in [-0.4, -0.2) is 63.2 Å². The largest absolute Gasteiger partial charge is 0.387 e. The Morgan fingerprint density at radius 2 is 1.42 bits per heavy atom. The number of hydrogen-bond donors (Lipinski definition) is 3. The van der Waals surface area contributed by atoms with E-state index in [0.29, 0.717) is 5.56 Å². The standard InChI is InChI=1S/C24H26O7/c1-15(20(26)17-9-5-3-6-10-17)16(2)21(27)24(30)19(25)13-31-14-23(24,29)22(28)18-11-7-4-8-12-18/h3-12,15-16,19,25,29-30H,13-14H2,1-2H3/t15?,16?,19-,23+,24-/m0/s1. The highest BCUT2D eigenvalue weighted by Crippen LogP contribution is 2.38. The molecule has 0 aliphatic carbocycles. The summed E-state index contributed by atoms with van der Waals surface area (Å²) in [5.41, 5.74) is -5.12. The molecule has 2 unspecified atom stereocenters. The van der Waals surface area contributed by atoms with E-state index in [2.05, 4.69) is 0 Å². The molecule has 3 N–H and O–H groups in total. The van der Waals surface area contributed by atoms with Gasteiger partial charge in [-0.1, -0.05) is 74.5 Å². The summed E-state index contributed by atoms with van der Waals surface area (Å²) in [5.74, 6) is -4.24. The van der Waals surface area contributed by atoms with Gasteiger partial charge in [-0.15, -0.1) is 0 Å². The van der Waals surface area contributed by atoms with E-state index in [1.807, 2.05) is 0 Å². The number of benzene rings is 2. The zero-order chi connectivity index (χ0) is 22.8. The fourth-order valence-electron chi connectivity index (χ4n) is 3.93. The molecule has 1 aliphatic heterocycles. The van der Waals surface area contributed by atoms with Gasteiger partial charge in [0, 0.05) is 23.0 Å². The van der Waals surface area contributed by atoms with Gasteiger partial charge in [0.15, 0.2) is 28.6 Å². The third-order valence-corrected chi connectivity index (χ3v) is 6.12. The SMILES string of the molecule is CC(C(=O)c1ccccc1)C(C)C(=O)[C@@]1(O)[C@@H](O)COC[C@@]1(O)C(=O)c1ccccc1. The minimum atomic E-state index is -2.84. The van der Waals surface area contributed by atoms with Gasteiger partial charge in [-0.2, -0.15) is 0 Å². The predicted octanol–water partition coefficient (Wildman–Crippen LogP) is 1.45. The van der Waals surface area contributed by atoms with E-state index >= 15 is 0 Å². The lowest BCUT2D eigenvalue weighted by atomic mass is 9.66. The van der Waals surface area contributed by atoms with E-state index in [1.165, 1.54) is 26.0 Å². The highest BCUT2D eigenvalue weighted by atomic mass is 16.5. The van der Waals surface area contributed by atoms with Crippen LogP contribution in [0.5, 0.6) is 0 Å². The normalized spacial score (nSPS) is 27.8. The van der Waals surface area contributed by atoms with Crippen LogP contribution in [0.4, 0.5) is 0 Å². The van der Waals surface area contributed by atoms with Crippen LogP contribution in [0.2, 0.25) is 0 Å². The minimum Gasteiger partial charge on any atom is -0.387 e. The number of rotatable bonds is 7. The fraction of sp³-hybridized carbons (Fsp3) is 0.375. The molecule has 7 nitrogen and oxygen atoms in total. The van der Waals surface area contributed by atoms with Crippen molar-refractivity contribution < 1.29 is 34.4 Å². The van der Waals surface area contributed by atoms with Crippen LogP contribution in [0.25, 0.3) is 0 Å². The van der Waals surface area contributed by atoms with E-state index in [4.69, 9.17) is 4.74 Å². The summed E-state index contributed by atoms with van der Waals surface area (Å²) in [4.78, 5) is 39.4. The van der Waals surface area contributed by atoms with Crippen LogP contribution in [0.3, 0.4) is 0 Å². The molecule has 31 heavy (non-hydrogen) atoms. The van der Waals surface area contributed by atoms with Crippen LogP contribution in [0.1, 0.15) is 34.6 Å². The molecule has 2 aromatic carbocycles. The van der Waals surface area contributed by atoms with Gasteiger partial charge in [-0.25, -0.2) is 0 Å². The Morgan fingerprint density at radius 1 is 0.903 bits per heavy atom. The van der Waals surface area contributed by atoms with Crippen molar-refractivity contribution >= 4 is 17.3 Å². The first kappa shape index (κ1) is 23.0. The molecule has 164 valence electrons. The molecule has 0 aromatic heterocycles. The van der Waals surface area contributed by atoms with Crippen molar-refractivity contribution in [2.75, 3.05) is 13.2 Å². The summed E-state index contributed by atoms with van der Waals surface area (Å²) in [7, 11) is 0. The lowest BCUT2D eigenvalue weighted by Gasteiger charge is -2.48. The first-order valence-electron chi connectivity index (χ1n) is 10.1. The number of Topliss-reactive ketones (excluding diaryl/α,β-unsaturated/α-hetero) is 3. The van der Waals surface area contributed by atoms with Crippen LogP contribution in [0.15, 0.2) is 60.7 Å². The van der Waals surface area contributed by atoms with Gasteiger partial charge in [0.2, 0.25) is 0 Å². The molecule has 1 saturated heterocycles. The minimum absolute atomic E-state index is 0.0509. The second kappa shape index (κ2) is 8.80. The maximum Gasteiger partial charge on any atom is 0.200 e. The number of carbonyl (C=O) groups excluding carboxylic acids is 3. The molecular formula is C24H26O7. The van der Waals surface area contributed by atoms with Crippen molar-refractivity contribution in [1.29, 1.82) is 0 Å². The van der Waals surface area contributed by atoms with Gasteiger partial charge < -0.3 is 20.1 Å². The number of ketones is 3. The quantitative estimate of drug-likeness (QED) is 0.573. The van der Waals surface area contributed by atoms with Gasteiger partial charge in [-0.05, 0) is 0 Å². The average Bonchev–Trinajstić information content (AvgIpc) is 2.81. The summed E-state index contributed by atoms with van der Waals surface area (Å²) >= 11 is 0. The molecule has 0 spiro atoms. The maximum absolute atomic E-state index is 13.4. The van der Waals surface area contributed by atoms with E-state index in [0.717, 1.165) is 0 Å². The Bertz CT molecular complexity index is 958. The lowest BCUT2D eigenvalue weighted by molar-refractivity contribution is -0.238. The van der Waals surface area contributed by atoms with Crippen molar-refractivity contribution in [2.24, 2.45) is 11.8 Å². The average molecular weight is 426 g/mol. The Kier molecular flexibility index (Phi) is 6.52. The van der Waals surface area contributed by atoms with Crippen LogP contribution >= 0.6 is 0 Å². The Hall–Kier alpha value is -2.71. The lowest BCUT2D eigenvalue weighted by Crippen LogP contribution is -2.75. The van der Waals surface area contributed by atoms with Crippen LogP contribution in [-0.2, 0) is 9.53 Å². The van der Waals surface area contributed by atoms with Gasteiger partial charge >= 0.3 is 0 Å². The number of ether oxygens (including phenoxy) is 1. The summed E-state index contributed by atoms with van der Waals surface area (Å²) in [6.45, 7) is 1.85. The van der Waals surface area contributed by atoms with E-state index in [1.54, 1.807) is 48.5 Å². The van der Waals surface area contributed by atoms with Crippen molar-refractivity contribution in [3.05, 3.63) is 71.8 Å². The molecule has 7 heteroatoms. The Balaban J connectivity index is 1.96. The first-order valence-corrected chi connectivity index (χ1v) is 10.1. The predicted molar refractivity (Wildman–Crippen MR) is 112 cm³/mol. The van der Waals surface area contributed by atoms with Gasteiger partial charge in [-0.3, -0.25) is 14.4 Å². The number of aliphatic hydroxyl groups excluding tert-OH is 1. The van der Waals surface area contributed by atoms with E-state index in [-0.39, 0.29) is 11.3 Å². The second-order valence-electron chi connectivity index (χ2n) is 8.02. The molecule has 1 aliphatic rings. The molecule has 0 radical (unpaired) electrons. The highest BCUT2D eigenvalue weighted by Gasteiger charge is 2.66. The zero-order valence-electron chi connectivity index (χ0n) is 17.4. The van der Waals surface area contributed by atoms with Gasteiger partial charge in [0.05, 0.1) is 13.2 Å². The summed E-state index contributed by atoms with van der Waals surface area (Å²) in [6, 6.07) is 16.0. The number of carbonyl (C=O) groups is 3. The van der Waals surface area contributed by atoms with Crippen LogP contribution < -0.4 is 0 Å². The topological polar surface area (TPSA) is 121 Å². The highest BCUT2D eigenvalue weighted by molar-refractivity contribution is 6.10. The van der Waals surface area contributed by atoms with Crippen molar-refractivity contribution in [3.8, 4) is 0 Å². The second-order valence-corrected chi connectivity index (χ2v) is 8.02. The Morgan fingerprint density at radius 3 is 1.97 bits per heavy atom. The molecule has 0 amide bonds. The van der Waals surface area contributed by atoms with Crippen LogP contribution in [0, 0.1) is 11.8 Å². The Labute approximate surface area is 180 Å². The smallest absolute Gasteiger partial charge is 0.200 e. The summed E-state index contributed by atoms with van der Waals surface area (Å²) in [6.07, 6.45) is -1.85. The molecule has 0 saturated carbocycles. The third-order valence-electron chi connectivity index (χ3n) is 6.12. The molecule has 1 heterocycles. The van der Waals surface area contributed by atoms with Gasteiger partial charge in [0.25, 0.3) is 0 Å². The molecule has 3 rings (SSSR count).